The molecule has 0 saturated carbocycles. The molecule has 0 aromatic carbocycles. The van der Waals surface area contributed by atoms with E-state index in [2.05, 4.69) is 4.74 Å². The summed E-state index contributed by atoms with van der Waals surface area (Å²) in [5.74, 6) is -1.85. The number of carbonyl (C=O) groups is 3. The number of hydrogen-bond donors (Lipinski definition) is 1. The lowest BCUT2D eigenvalue weighted by atomic mass is 10.4. The molecule has 6 heteroatoms. The van der Waals surface area contributed by atoms with Crippen molar-refractivity contribution in [3.8, 4) is 0 Å². The molecule has 2 amide bonds. The average molecular weight is 173 g/mol. The van der Waals surface area contributed by atoms with Gasteiger partial charge in [0.2, 0.25) is 0 Å². The van der Waals surface area contributed by atoms with Crippen LogP contribution in [0, 0.1) is 0 Å². The predicted molar refractivity (Wildman–Crippen MR) is 35.3 cm³/mol. The molecular formula is C6H7NO5. The molecule has 1 atom stereocenters. The van der Waals surface area contributed by atoms with Crippen LogP contribution in [0.4, 0.5) is 4.79 Å². The first kappa shape index (κ1) is 8.51. The van der Waals surface area contributed by atoms with E-state index in [4.69, 9.17) is 5.11 Å². The van der Waals surface area contributed by atoms with Crippen molar-refractivity contribution in [2.75, 3.05) is 6.54 Å². The normalized spacial score (nSPS) is 22.8. The molecule has 0 aromatic heterocycles. The van der Waals surface area contributed by atoms with Crippen LogP contribution in [0.5, 0.6) is 0 Å². The third kappa shape index (κ3) is 1.36. The van der Waals surface area contributed by atoms with Gasteiger partial charge in [0, 0.05) is 0 Å². The predicted octanol–water partition coefficient (Wildman–Crippen LogP) is -0.562. The van der Waals surface area contributed by atoms with E-state index < -0.39 is 30.6 Å². The van der Waals surface area contributed by atoms with Crippen molar-refractivity contribution in [2.45, 2.75) is 13.0 Å². The van der Waals surface area contributed by atoms with Gasteiger partial charge in [-0.1, -0.05) is 0 Å². The maximum atomic E-state index is 11.0. The van der Waals surface area contributed by atoms with E-state index in [9.17, 15) is 14.4 Å². The van der Waals surface area contributed by atoms with E-state index in [0.29, 0.717) is 4.90 Å². The largest absolute Gasteiger partial charge is 0.480 e. The third-order valence-electron chi connectivity index (χ3n) is 1.41. The lowest BCUT2D eigenvalue weighted by Gasteiger charge is -2.05. The zero-order valence-electron chi connectivity index (χ0n) is 6.31. The van der Waals surface area contributed by atoms with Crippen LogP contribution in [0.2, 0.25) is 0 Å². The fourth-order valence-electron chi connectivity index (χ4n) is 0.852. The molecule has 1 rings (SSSR count). The number of nitrogens with zero attached hydrogens (tertiary/aromatic N) is 1. The SMILES string of the molecule is CC1OC(=O)N(CC(=O)O)C1=O. The number of rotatable bonds is 2. The number of carboxylic acids is 1. The first-order valence-electron chi connectivity index (χ1n) is 3.26. The molecule has 0 bridgehead atoms. The molecule has 0 aliphatic carbocycles. The second-order valence-electron chi connectivity index (χ2n) is 2.34. The van der Waals surface area contributed by atoms with Gasteiger partial charge in [0.25, 0.3) is 5.91 Å². The molecule has 1 unspecified atom stereocenters. The van der Waals surface area contributed by atoms with Gasteiger partial charge in [0.15, 0.2) is 6.10 Å². The van der Waals surface area contributed by atoms with Gasteiger partial charge in [-0.05, 0) is 6.92 Å². The van der Waals surface area contributed by atoms with Crippen LogP contribution in [-0.4, -0.2) is 40.6 Å². The average Bonchev–Trinajstić information content (AvgIpc) is 2.16. The highest BCUT2D eigenvalue weighted by Crippen LogP contribution is 2.11. The number of carboxylic acid groups (broad SMARTS) is 1. The zero-order chi connectivity index (χ0) is 9.30. The molecule has 1 heterocycles. The van der Waals surface area contributed by atoms with Gasteiger partial charge >= 0.3 is 12.1 Å². The standard InChI is InChI=1S/C6H7NO5/c1-3-5(10)7(2-4(8)9)6(11)12-3/h3H,2H2,1H3,(H,8,9). The van der Waals surface area contributed by atoms with E-state index in [1.807, 2.05) is 0 Å². The number of ether oxygens (including phenoxy) is 1. The van der Waals surface area contributed by atoms with Crippen molar-refractivity contribution in [1.29, 1.82) is 0 Å². The summed E-state index contributed by atoms with van der Waals surface area (Å²) < 4.78 is 4.46. The Balaban J connectivity index is 2.70. The Hall–Kier alpha value is -1.59. The lowest BCUT2D eigenvalue weighted by Crippen LogP contribution is -2.35. The highest BCUT2D eigenvalue weighted by atomic mass is 16.6. The second-order valence-corrected chi connectivity index (χ2v) is 2.34. The van der Waals surface area contributed by atoms with Crippen LogP contribution in [0.15, 0.2) is 0 Å². The maximum Gasteiger partial charge on any atom is 0.417 e. The molecule has 1 aliphatic rings. The van der Waals surface area contributed by atoms with Crippen molar-refractivity contribution >= 4 is 18.0 Å². The highest BCUT2D eigenvalue weighted by molar-refractivity contribution is 6.01. The first-order chi connectivity index (χ1) is 5.52. The molecule has 0 spiro atoms. The lowest BCUT2D eigenvalue weighted by molar-refractivity contribution is -0.141. The molecule has 66 valence electrons. The van der Waals surface area contributed by atoms with Crippen molar-refractivity contribution < 1.29 is 24.2 Å². The number of aliphatic carboxylic acids is 1. The molecule has 1 fully saturated rings. The van der Waals surface area contributed by atoms with Crippen LogP contribution in [0.1, 0.15) is 6.92 Å². The molecule has 1 aliphatic heterocycles. The van der Waals surface area contributed by atoms with Crippen LogP contribution in [0.3, 0.4) is 0 Å². The van der Waals surface area contributed by atoms with E-state index in [0.717, 1.165) is 0 Å². The Morgan fingerprint density at radius 2 is 2.25 bits per heavy atom. The van der Waals surface area contributed by atoms with Crippen LogP contribution >= 0.6 is 0 Å². The summed E-state index contributed by atoms with van der Waals surface area (Å²) >= 11 is 0. The molecule has 1 saturated heterocycles. The topological polar surface area (TPSA) is 83.9 Å². The van der Waals surface area contributed by atoms with Crippen molar-refractivity contribution in [3.05, 3.63) is 0 Å². The third-order valence-corrected chi connectivity index (χ3v) is 1.41. The van der Waals surface area contributed by atoms with Gasteiger partial charge in [-0.3, -0.25) is 9.59 Å². The second kappa shape index (κ2) is 2.80. The summed E-state index contributed by atoms with van der Waals surface area (Å²) in [5.41, 5.74) is 0. The van der Waals surface area contributed by atoms with Gasteiger partial charge in [-0.15, -0.1) is 0 Å². The summed E-state index contributed by atoms with van der Waals surface area (Å²) in [6.45, 7) is 0.754. The van der Waals surface area contributed by atoms with Gasteiger partial charge in [-0.25, -0.2) is 9.69 Å². The van der Waals surface area contributed by atoms with E-state index in [1.165, 1.54) is 6.92 Å². The van der Waals surface area contributed by atoms with Crippen LogP contribution in [0.25, 0.3) is 0 Å². The summed E-state index contributed by atoms with van der Waals surface area (Å²) in [5, 5.41) is 8.29. The van der Waals surface area contributed by atoms with Crippen molar-refractivity contribution in [1.82, 2.24) is 4.90 Å². The zero-order valence-corrected chi connectivity index (χ0v) is 6.31. The quantitative estimate of drug-likeness (QED) is 0.605. The van der Waals surface area contributed by atoms with Gasteiger partial charge in [-0.2, -0.15) is 0 Å². The number of amides is 2. The summed E-state index contributed by atoms with van der Waals surface area (Å²) in [6, 6.07) is 0. The van der Waals surface area contributed by atoms with Crippen LogP contribution in [-0.2, 0) is 14.3 Å². The number of hydrogen-bond acceptors (Lipinski definition) is 4. The van der Waals surface area contributed by atoms with Crippen LogP contribution < -0.4 is 0 Å². The Morgan fingerprint density at radius 3 is 2.58 bits per heavy atom. The Morgan fingerprint density at radius 1 is 1.67 bits per heavy atom. The van der Waals surface area contributed by atoms with Crippen molar-refractivity contribution in [2.24, 2.45) is 0 Å². The first-order valence-corrected chi connectivity index (χ1v) is 3.26. The molecule has 12 heavy (non-hydrogen) atoms. The highest BCUT2D eigenvalue weighted by Gasteiger charge is 2.38. The minimum absolute atomic E-state index is 0.562. The Kier molecular flexibility index (Phi) is 1.99. The monoisotopic (exact) mass is 173 g/mol. The van der Waals surface area contributed by atoms with Gasteiger partial charge in [0.05, 0.1) is 0 Å². The van der Waals surface area contributed by atoms with Gasteiger partial charge < -0.3 is 9.84 Å². The summed E-state index contributed by atoms with van der Waals surface area (Å²) in [7, 11) is 0. The van der Waals surface area contributed by atoms with E-state index in [-0.39, 0.29) is 0 Å². The van der Waals surface area contributed by atoms with Crippen molar-refractivity contribution in [3.63, 3.8) is 0 Å². The summed E-state index contributed by atoms with van der Waals surface area (Å²) in [6.07, 6.45) is -1.76. The maximum absolute atomic E-state index is 11.0. The fraction of sp³-hybridized carbons (Fsp3) is 0.500. The Labute approximate surface area is 67.7 Å². The number of imide groups is 1. The summed E-state index contributed by atoms with van der Waals surface area (Å²) in [4.78, 5) is 32.4. The minimum Gasteiger partial charge on any atom is -0.480 e. The molecule has 1 N–H and O–H groups in total. The number of carbonyl (C=O) groups excluding carboxylic acids is 2. The van der Waals surface area contributed by atoms with E-state index in [1.54, 1.807) is 0 Å². The molecule has 0 aromatic rings. The fourth-order valence-corrected chi connectivity index (χ4v) is 0.852. The molecular weight excluding hydrogens is 166 g/mol. The molecule has 6 nitrogen and oxygen atoms in total. The van der Waals surface area contributed by atoms with E-state index >= 15 is 0 Å². The Bertz CT molecular complexity index is 248. The van der Waals surface area contributed by atoms with Gasteiger partial charge in [0.1, 0.15) is 6.54 Å². The molecule has 0 radical (unpaired) electrons. The smallest absolute Gasteiger partial charge is 0.417 e. The minimum atomic E-state index is -1.24. The number of cyclic esters (lactones) is 1.